The molecule has 2 aromatic heterocycles. The van der Waals surface area contributed by atoms with Gasteiger partial charge in [0.2, 0.25) is 0 Å². The number of rotatable bonds is 5. The minimum Gasteiger partial charge on any atom is -0.381 e. The fourth-order valence-corrected chi connectivity index (χ4v) is 2.65. The number of hydrogen-bond donors (Lipinski definition) is 1. The van der Waals surface area contributed by atoms with E-state index in [4.69, 9.17) is 0 Å². The number of aryl methyl sites for hydroxylation is 1. The van der Waals surface area contributed by atoms with Crippen molar-refractivity contribution in [1.82, 2.24) is 14.8 Å². The summed E-state index contributed by atoms with van der Waals surface area (Å²) in [6.45, 7) is 6.44. The molecule has 0 aliphatic carbocycles. The van der Waals surface area contributed by atoms with Crippen LogP contribution >= 0.6 is 11.3 Å². The number of aromatic nitrogens is 3. The molecule has 0 fully saturated rings. The maximum Gasteiger partial charge on any atom is 0.0901 e. The average molecular weight is 296 g/mol. The molecule has 0 saturated heterocycles. The second-order valence-corrected chi connectivity index (χ2v) is 5.76. The molecule has 5 heteroatoms. The Labute approximate surface area is 127 Å². The molecule has 0 aliphatic rings. The maximum absolute atomic E-state index is 4.49. The first-order chi connectivity index (χ1) is 10.2. The van der Waals surface area contributed by atoms with Gasteiger partial charge in [0.15, 0.2) is 0 Å². The Morgan fingerprint density at radius 1 is 1.33 bits per heavy atom. The second-order valence-electron chi connectivity index (χ2n) is 4.69. The predicted octanol–water partition coefficient (Wildman–Crippen LogP) is 4.03. The molecule has 3 rings (SSSR count). The van der Waals surface area contributed by atoms with Gasteiger partial charge in [0.25, 0.3) is 0 Å². The number of thiazole rings is 1. The third-order valence-corrected chi connectivity index (χ3v) is 3.91. The lowest BCUT2D eigenvalue weighted by atomic mass is 10.1. The van der Waals surface area contributed by atoms with Crippen LogP contribution < -0.4 is 5.32 Å². The zero-order chi connectivity index (χ0) is 14.7. The smallest absolute Gasteiger partial charge is 0.0901 e. The fourth-order valence-electron chi connectivity index (χ4n) is 2.03. The van der Waals surface area contributed by atoms with Crippen molar-refractivity contribution < 1.29 is 0 Å². The number of benzene rings is 1. The van der Waals surface area contributed by atoms with Crippen molar-refractivity contribution in [3.63, 3.8) is 0 Å². The number of nitrogens with zero attached hydrogens (tertiary/aromatic N) is 3. The summed E-state index contributed by atoms with van der Waals surface area (Å²) < 4.78 is 1.70. The van der Waals surface area contributed by atoms with E-state index in [1.54, 1.807) is 22.2 Å². The lowest BCUT2D eigenvalue weighted by molar-refractivity contribution is 0.936. The van der Waals surface area contributed by atoms with Gasteiger partial charge < -0.3 is 5.32 Å². The predicted molar refractivity (Wildman–Crippen MR) is 88.2 cm³/mol. The summed E-state index contributed by atoms with van der Waals surface area (Å²) in [6.07, 6.45) is 5.46. The maximum atomic E-state index is 4.49. The van der Waals surface area contributed by atoms with Gasteiger partial charge in [-0.3, -0.25) is 0 Å². The molecule has 3 aromatic rings. The normalized spacial score (nSPS) is 10.5. The lowest BCUT2D eigenvalue weighted by Gasteiger charge is -2.05. The molecule has 0 unspecified atom stereocenters. The van der Waals surface area contributed by atoms with Crippen molar-refractivity contribution in [3.8, 4) is 11.3 Å². The highest BCUT2D eigenvalue weighted by atomic mass is 32.1. The molecule has 0 saturated carbocycles. The van der Waals surface area contributed by atoms with Gasteiger partial charge in [-0.15, -0.1) is 11.3 Å². The molecule has 0 spiro atoms. The van der Waals surface area contributed by atoms with E-state index < -0.39 is 0 Å². The number of hydrogen-bond acceptors (Lipinski definition) is 4. The third-order valence-electron chi connectivity index (χ3n) is 3.14. The highest BCUT2D eigenvalue weighted by molar-refractivity contribution is 7.09. The molecule has 4 nitrogen and oxygen atoms in total. The van der Waals surface area contributed by atoms with Crippen LogP contribution in [0.4, 0.5) is 5.69 Å². The molecule has 0 atom stereocenters. The van der Waals surface area contributed by atoms with Gasteiger partial charge in [0.1, 0.15) is 0 Å². The van der Waals surface area contributed by atoms with Crippen LogP contribution in [0.3, 0.4) is 0 Å². The first-order valence-corrected chi connectivity index (χ1v) is 7.54. The standard InChI is InChI=1S/C16H16N4S/c1-3-20-10-13(9-18-20)8-17-15-6-4-14(5-7-15)16-11-21-12(2)19-16/h3-7,9-11,17H,1,8H2,2H3. The van der Waals surface area contributed by atoms with Gasteiger partial charge >= 0.3 is 0 Å². The van der Waals surface area contributed by atoms with E-state index in [0.29, 0.717) is 0 Å². The zero-order valence-electron chi connectivity index (χ0n) is 11.8. The molecular formula is C16H16N4S. The van der Waals surface area contributed by atoms with Crippen LogP contribution in [-0.2, 0) is 6.54 Å². The summed E-state index contributed by atoms with van der Waals surface area (Å²) in [5, 5.41) is 10.7. The molecule has 0 aliphatic heterocycles. The van der Waals surface area contributed by atoms with Crippen LogP contribution in [0.1, 0.15) is 10.6 Å². The summed E-state index contributed by atoms with van der Waals surface area (Å²) in [5.74, 6) is 0. The van der Waals surface area contributed by atoms with Crippen molar-refractivity contribution in [2.75, 3.05) is 5.32 Å². The van der Waals surface area contributed by atoms with Crippen molar-refractivity contribution in [2.24, 2.45) is 0 Å². The summed E-state index contributed by atoms with van der Waals surface area (Å²) >= 11 is 1.67. The molecule has 0 bridgehead atoms. The van der Waals surface area contributed by atoms with E-state index in [9.17, 15) is 0 Å². The van der Waals surface area contributed by atoms with E-state index >= 15 is 0 Å². The van der Waals surface area contributed by atoms with E-state index in [2.05, 4.69) is 51.6 Å². The largest absolute Gasteiger partial charge is 0.381 e. The van der Waals surface area contributed by atoms with Crippen LogP contribution in [-0.4, -0.2) is 14.8 Å². The number of anilines is 1. The third kappa shape index (κ3) is 3.20. The van der Waals surface area contributed by atoms with E-state index in [1.807, 2.05) is 19.3 Å². The number of nitrogens with one attached hydrogen (secondary N) is 1. The summed E-state index contributed by atoms with van der Waals surface area (Å²) in [6, 6.07) is 8.32. The summed E-state index contributed by atoms with van der Waals surface area (Å²) in [4.78, 5) is 4.49. The minimum absolute atomic E-state index is 0.739. The van der Waals surface area contributed by atoms with E-state index in [-0.39, 0.29) is 0 Å². The van der Waals surface area contributed by atoms with Crippen LogP contribution in [0.5, 0.6) is 0 Å². The summed E-state index contributed by atoms with van der Waals surface area (Å²) in [5.41, 5.74) is 4.38. The Morgan fingerprint density at radius 2 is 2.14 bits per heavy atom. The van der Waals surface area contributed by atoms with Gasteiger partial charge in [-0.05, 0) is 19.1 Å². The topological polar surface area (TPSA) is 42.7 Å². The Morgan fingerprint density at radius 3 is 2.76 bits per heavy atom. The van der Waals surface area contributed by atoms with Crippen LogP contribution in [0.15, 0.2) is 48.6 Å². The first kappa shape index (κ1) is 13.6. The highest BCUT2D eigenvalue weighted by Gasteiger charge is 2.02. The Balaban J connectivity index is 1.65. The van der Waals surface area contributed by atoms with Gasteiger partial charge in [0.05, 0.1) is 16.9 Å². The van der Waals surface area contributed by atoms with Crippen molar-refractivity contribution in [3.05, 3.63) is 59.2 Å². The average Bonchev–Trinajstić information content (AvgIpc) is 3.14. The Kier molecular flexibility index (Phi) is 3.83. The van der Waals surface area contributed by atoms with E-state index in [0.717, 1.165) is 34.1 Å². The lowest BCUT2D eigenvalue weighted by Crippen LogP contribution is -1.98. The first-order valence-electron chi connectivity index (χ1n) is 6.66. The second kappa shape index (κ2) is 5.93. The Hall–Kier alpha value is -2.40. The fraction of sp³-hybridized carbons (Fsp3) is 0.125. The molecule has 2 heterocycles. The van der Waals surface area contributed by atoms with E-state index in [1.165, 1.54) is 0 Å². The highest BCUT2D eigenvalue weighted by Crippen LogP contribution is 2.23. The minimum atomic E-state index is 0.739. The van der Waals surface area contributed by atoms with Crippen molar-refractivity contribution >= 4 is 23.2 Å². The van der Waals surface area contributed by atoms with Crippen molar-refractivity contribution in [1.29, 1.82) is 0 Å². The van der Waals surface area contributed by atoms with Crippen LogP contribution in [0.2, 0.25) is 0 Å². The van der Waals surface area contributed by atoms with Crippen LogP contribution in [0.25, 0.3) is 17.5 Å². The molecule has 21 heavy (non-hydrogen) atoms. The SMILES string of the molecule is C=Cn1cc(CNc2ccc(-c3csc(C)n3)cc2)cn1. The monoisotopic (exact) mass is 296 g/mol. The van der Waals surface area contributed by atoms with Crippen molar-refractivity contribution in [2.45, 2.75) is 13.5 Å². The zero-order valence-corrected chi connectivity index (χ0v) is 12.6. The summed E-state index contributed by atoms with van der Waals surface area (Å²) in [7, 11) is 0. The molecule has 0 radical (unpaired) electrons. The molecule has 1 aromatic carbocycles. The molecular weight excluding hydrogens is 280 g/mol. The van der Waals surface area contributed by atoms with Gasteiger partial charge in [-0.1, -0.05) is 18.7 Å². The van der Waals surface area contributed by atoms with Gasteiger partial charge in [-0.2, -0.15) is 5.10 Å². The molecule has 106 valence electrons. The van der Waals surface area contributed by atoms with Gasteiger partial charge in [-0.25, -0.2) is 9.67 Å². The van der Waals surface area contributed by atoms with Crippen LogP contribution in [0, 0.1) is 6.92 Å². The molecule has 1 N–H and O–H groups in total. The quantitative estimate of drug-likeness (QED) is 0.773. The van der Waals surface area contributed by atoms with Gasteiger partial charge in [0, 0.05) is 41.1 Å². The molecule has 0 amide bonds. The Bertz CT molecular complexity index is 740.